The molecule has 0 amide bonds. The molecule has 8 rings (SSSR count). The van der Waals surface area contributed by atoms with Crippen LogP contribution < -0.4 is 9.47 Å². The number of sulfone groups is 2. The summed E-state index contributed by atoms with van der Waals surface area (Å²) in [5.41, 5.74) is 4.43. The van der Waals surface area contributed by atoms with Gasteiger partial charge in [-0.1, -0.05) is 60.7 Å². The molecule has 2 aromatic heterocycles. The largest absolute Gasteiger partial charge is 0.493 e. The van der Waals surface area contributed by atoms with Crippen molar-refractivity contribution in [2.75, 3.05) is 20.3 Å². The van der Waals surface area contributed by atoms with Crippen LogP contribution >= 0.6 is 0 Å². The first-order valence-corrected chi connectivity index (χ1v) is 24.6. The van der Waals surface area contributed by atoms with E-state index in [1.807, 2.05) is 74.5 Å². The molecule has 14 nitrogen and oxygen atoms in total. The topological polar surface area (TPSA) is 202 Å². The SMILES string of the molecule is COC(=O)Cc1cccc(S(=O)(=O)c2ccc(OCCc3nc(-c4ccccc4)oc3C)cc2)c1.Cc1oc(-c2ccccc2)nc1CCOc1ccc(S(=O)(=O)c2cccc(CC(=O)O)c2)cc1. The van der Waals surface area contributed by atoms with Crippen molar-refractivity contribution in [3.05, 3.63) is 192 Å². The molecular formula is C53H48N2O12S2. The van der Waals surface area contributed by atoms with Crippen molar-refractivity contribution in [2.45, 2.75) is 59.1 Å². The number of hydrogen-bond donors (Lipinski definition) is 1. The van der Waals surface area contributed by atoms with Gasteiger partial charge in [0, 0.05) is 24.0 Å². The summed E-state index contributed by atoms with van der Waals surface area (Å²) in [7, 11) is -6.23. The van der Waals surface area contributed by atoms with Crippen LogP contribution in [0.15, 0.2) is 186 Å². The number of aliphatic carboxylic acids is 1. The third-order valence-corrected chi connectivity index (χ3v) is 14.2. The average molecular weight is 969 g/mol. The van der Waals surface area contributed by atoms with Crippen LogP contribution in [-0.2, 0) is 59.7 Å². The van der Waals surface area contributed by atoms with Crippen LogP contribution in [0.1, 0.15) is 34.0 Å². The van der Waals surface area contributed by atoms with E-state index in [0.29, 0.717) is 60.5 Å². The standard InChI is InChI=1S/C27H25NO6S.C26H23NO6S/c1-19-25(28-27(34-19)21-8-4-3-5-9-21)15-16-33-22-11-13-23(14-12-22)35(30,31)24-10-6-7-20(17-24)18-26(29)32-2;1-18-24(27-26(33-18)20-7-3-2-4-8-20)14-15-32-21-10-12-22(13-11-21)34(30,31)23-9-5-6-19(16-23)17-25(28)29/h3-14,17H,15-16,18H2,1-2H3;2-13,16H,14-15,17H2,1H3,(H,28,29). The Labute approximate surface area is 400 Å². The van der Waals surface area contributed by atoms with Crippen molar-refractivity contribution in [1.29, 1.82) is 0 Å². The van der Waals surface area contributed by atoms with Gasteiger partial charge in [-0.15, -0.1) is 0 Å². The molecule has 1 N–H and O–H groups in total. The summed E-state index contributed by atoms with van der Waals surface area (Å²) in [6.45, 7) is 4.45. The molecule has 6 aromatic carbocycles. The molecule has 354 valence electrons. The number of benzene rings is 6. The highest BCUT2D eigenvalue weighted by Gasteiger charge is 2.21. The number of aryl methyl sites for hydroxylation is 2. The third kappa shape index (κ3) is 12.8. The smallest absolute Gasteiger partial charge is 0.309 e. The maximum absolute atomic E-state index is 13.0. The molecule has 0 fully saturated rings. The molecule has 0 radical (unpaired) electrons. The number of carboxylic acid groups (broad SMARTS) is 1. The fourth-order valence-corrected chi connectivity index (χ4v) is 9.68. The van der Waals surface area contributed by atoms with Crippen LogP contribution in [0, 0.1) is 13.8 Å². The van der Waals surface area contributed by atoms with Crippen molar-refractivity contribution < 1.29 is 54.6 Å². The molecular weight excluding hydrogens is 921 g/mol. The Bertz CT molecular complexity index is 3240. The maximum Gasteiger partial charge on any atom is 0.309 e. The van der Waals surface area contributed by atoms with E-state index in [4.69, 9.17) is 23.4 Å². The van der Waals surface area contributed by atoms with Crippen LogP contribution in [0.25, 0.3) is 22.9 Å². The predicted molar refractivity (Wildman–Crippen MR) is 255 cm³/mol. The molecule has 16 heteroatoms. The molecule has 0 saturated carbocycles. The summed E-state index contributed by atoms with van der Waals surface area (Å²) in [4.78, 5) is 32.0. The second kappa shape index (κ2) is 22.3. The van der Waals surface area contributed by atoms with Crippen LogP contribution in [0.2, 0.25) is 0 Å². The molecule has 8 aromatic rings. The van der Waals surface area contributed by atoms with Crippen LogP contribution in [-0.4, -0.2) is 64.2 Å². The van der Waals surface area contributed by atoms with E-state index in [9.17, 15) is 26.4 Å². The Morgan fingerprint density at radius 1 is 0.522 bits per heavy atom. The Morgan fingerprint density at radius 3 is 1.32 bits per heavy atom. The van der Waals surface area contributed by atoms with Gasteiger partial charge in [0.2, 0.25) is 31.5 Å². The van der Waals surface area contributed by atoms with Gasteiger partial charge in [0.25, 0.3) is 0 Å². The zero-order chi connectivity index (χ0) is 49.0. The molecule has 0 spiro atoms. The zero-order valence-corrected chi connectivity index (χ0v) is 39.5. The lowest BCUT2D eigenvalue weighted by Crippen LogP contribution is -2.07. The van der Waals surface area contributed by atoms with E-state index in [2.05, 4.69) is 14.7 Å². The van der Waals surface area contributed by atoms with Crippen molar-refractivity contribution in [2.24, 2.45) is 0 Å². The van der Waals surface area contributed by atoms with Gasteiger partial charge in [-0.25, -0.2) is 26.8 Å². The second-order valence-corrected chi connectivity index (χ2v) is 19.4. The molecule has 2 heterocycles. The Kier molecular flexibility index (Phi) is 15.9. The first kappa shape index (κ1) is 49.1. The number of oxazole rings is 2. The molecule has 0 bridgehead atoms. The lowest BCUT2D eigenvalue weighted by Gasteiger charge is -2.09. The second-order valence-electron chi connectivity index (χ2n) is 15.5. The number of hydrogen-bond acceptors (Lipinski definition) is 13. The highest BCUT2D eigenvalue weighted by atomic mass is 32.2. The van der Waals surface area contributed by atoms with Crippen LogP contribution in [0.3, 0.4) is 0 Å². The number of nitrogens with zero attached hydrogens (tertiary/aromatic N) is 2. The zero-order valence-electron chi connectivity index (χ0n) is 37.9. The summed E-state index contributed by atoms with van der Waals surface area (Å²) < 4.78 is 79.7. The van der Waals surface area contributed by atoms with Gasteiger partial charge in [-0.3, -0.25) is 9.59 Å². The average Bonchev–Trinajstić information content (AvgIpc) is 3.93. The van der Waals surface area contributed by atoms with Gasteiger partial charge in [0.15, 0.2) is 0 Å². The Hall–Kier alpha value is -7.82. The van der Waals surface area contributed by atoms with Gasteiger partial charge in [0.1, 0.15) is 23.0 Å². The quantitative estimate of drug-likeness (QED) is 0.0796. The van der Waals surface area contributed by atoms with E-state index in [1.165, 1.54) is 61.7 Å². The van der Waals surface area contributed by atoms with E-state index in [-0.39, 0.29) is 32.4 Å². The maximum atomic E-state index is 13.0. The fourth-order valence-electron chi connectivity index (χ4n) is 7.02. The predicted octanol–water partition coefficient (Wildman–Crippen LogP) is 9.55. The van der Waals surface area contributed by atoms with Gasteiger partial charge in [0.05, 0.1) is 64.1 Å². The number of rotatable bonds is 18. The van der Waals surface area contributed by atoms with Gasteiger partial charge in [-0.2, -0.15) is 0 Å². The van der Waals surface area contributed by atoms with Crippen molar-refractivity contribution in [1.82, 2.24) is 9.97 Å². The molecule has 0 unspecified atom stereocenters. The monoisotopic (exact) mass is 968 g/mol. The van der Waals surface area contributed by atoms with Crippen molar-refractivity contribution in [3.63, 3.8) is 0 Å². The number of carbonyl (C=O) groups is 2. The first-order chi connectivity index (χ1) is 33.2. The third-order valence-electron chi connectivity index (χ3n) is 10.7. The molecule has 0 aliphatic rings. The summed E-state index contributed by atoms with van der Waals surface area (Å²) in [5.74, 6) is 2.23. The van der Waals surface area contributed by atoms with Crippen molar-refractivity contribution in [3.8, 4) is 34.4 Å². The number of carboxylic acids is 1. The van der Waals surface area contributed by atoms with E-state index in [0.717, 1.165) is 34.0 Å². The fraction of sp³-hybridized carbons (Fsp3) is 0.170. The highest BCUT2D eigenvalue weighted by molar-refractivity contribution is 7.91. The minimum atomic E-state index is -3.78. The number of carbonyl (C=O) groups excluding carboxylic acids is 1. The minimum Gasteiger partial charge on any atom is -0.493 e. The molecule has 0 aliphatic carbocycles. The minimum absolute atomic E-state index is 0.00444. The number of ether oxygens (including phenoxy) is 3. The molecule has 0 aliphatic heterocycles. The Morgan fingerprint density at radius 2 is 0.928 bits per heavy atom. The molecule has 69 heavy (non-hydrogen) atoms. The van der Waals surface area contributed by atoms with Gasteiger partial charge < -0.3 is 28.2 Å². The molecule has 0 atom stereocenters. The van der Waals surface area contributed by atoms with E-state index in [1.54, 1.807) is 42.5 Å². The highest BCUT2D eigenvalue weighted by Crippen LogP contribution is 2.28. The normalized spacial score (nSPS) is 11.3. The van der Waals surface area contributed by atoms with Crippen LogP contribution in [0.5, 0.6) is 11.5 Å². The lowest BCUT2D eigenvalue weighted by atomic mass is 10.1. The number of aromatic nitrogens is 2. The first-order valence-electron chi connectivity index (χ1n) is 21.7. The van der Waals surface area contributed by atoms with E-state index < -0.39 is 31.6 Å². The number of methoxy groups -OCH3 is 1. The lowest BCUT2D eigenvalue weighted by molar-refractivity contribution is -0.140. The van der Waals surface area contributed by atoms with E-state index >= 15 is 0 Å². The Balaban J connectivity index is 0.000000204. The van der Waals surface area contributed by atoms with Gasteiger partial charge >= 0.3 is 11.9 Å². The van der Waals surface area contributed by atoms with Gasteiger partial charge in [-0.05, 0) is 122 Å². The summed E-state index contributed by atoms with van der Waals surface area (Å²) in [6, 6.07) is 44.0. The molecule has 0 saturated heterocycles. The summed E-state index contributed by atoms with van der Waals surface area (Å²) >= 11 is 0. The summed E-state index contributed by atoms with van der Waals surface area (Å²) in [6.07, 6.45) is 0.853. The van der Waals surface area contributed by atoms with Crippen molar-refractivity contribution >= 4 is 31.6 Å². The summed E-state index contributed by atoms with van der Waals surface area (Å²) in [5, 5.41) is 8.95. The number of esters is 1. The van der Waals surface area contributed by atoms with Crippen LogP contribution in [0.4, 0.5) is 0 Å².